The summed E-state index contributed by atoms with van der Waals surface area (Å²) in [6.07, 6.45) is 1.36. The number of fused-ring (bicyclic) bond motifs is 1. The van der Waals surface area contributed by atoms with E-state index in [9.17, 15) is 0 Å². The first-order chi connectivity index (χ1) is 9.31. The number of halogens is 1. The predicted molar refractivity (Wildman–Crippen MR) is 75.1 cm³/mol. The summed E-state index contributed by atoms with van der Waals surface area (Å²) in [6, 6.07) is 11.6. The molecule has 0 radical (unpaired) electrons. The first-order valence-electron chi connectivity index (χ1n) is 5.66. The minimum Gasteiger partial charge on any atom is -0.454 e. The van der Waals surface area contributed by atoms with Gasteiger partial charge in [0.05, 0.1) is 11.8 Å². The molecule has 3 rings (SSSR count). The van der Waals surface area contributed by atoms with Gasteiger partial charge in [-0.15, -0.1) is 0 Å². The Kier molecular flexibility index (Phi) is 3.13. The van der Waals surface area contributed by atoms with Crippen molar-refractivity contribution in [1.29, 1.82) is 0 Å². The maximum Gasteiger partial charge on any atom is 0.231 e. The molecule has 0 atom stereocenters. The molecule has 19 heavy (non-hydrogen) atoms. The minimum absolute atomic E-state index is 0.182. The van der Waals surface area contributed by atoms with Crippen LogP contribution in [-0.4, -0.2) is 18.2 Å². The summed E-state index contributed by atoms with van der Waals surface area (Å²) in [4.78, 5) is 0. The van der Waals surface area contributed by atoms with Gasteiger partial charge in [0, 0.05) is 4.47 Å². The number of rotatable bonds is 2. The van der Waals surface area contributed by atoms with Gasteiger partial charge >= 0.3 is 0 Å². The third kappa shape index (κ3) is 2.06. The van der Waals surface area contributed by atoms with Crippen molar-refractivity contribution in [3.63, 3.8) is 0 Å². The fraction of sp³-hybridized carbons (Fsp3) is 0.0714. The number of hydrogen-bond acceptors (Lipinski definition) is 4. The second-order valence-electron chi connectivity index (χ2n) is 3.99. The Bertz CT molecular complexity index is 655. The summed E-state index contributed by atoms with van der Waals surface area (Å²) in [5, 5.41) is 12.0. The third-order valence-corrected chi connectivity index (χ3v) is 3.62. The Morgan fingerprint density at radius 2 is 1.95 bits per heavy atom. The van der Waals surface area contributed by atoms with Crippen LogP contribution < -0.4 is 9.47 Å². The molecule has 0 saturated carbocycles. The van der Waals surface area contributed by atoms with Crippen LogP contribution in [0.1, 0.15) is 5.56 Å². The van der Waals surface area contributed by atoms with Crippen molar-refractivity contribution in [2.75, 3.05) is 6.79 Å². The zero-order chi connectivity index (χ0) is 13.2. The smallest absolute Gasteiger partial charge is 0.231 e. The molecular weight excluding hydrogens is 310 g/mol. The maximum absolute atomic E-state index is 8.85. The van der Waals surface area contributed by atoms with Gasteiger partial charge < -0.3 is 14.7 Å². The van der Waals surface area contributed by atoms with E-state index in [1.165, 1.54) is 6.21 Å². The molecule has 0 amide bonds. The highest BCUT2D eigenvalue weighted by molar-refractivity contribution is 9.10. The normalized spacial score (nSPS) is 13.1. The van der Waals surface area contributed by atoms with Crippen LogP contribution in [0.3, 0.4) is 0 Å². The van der Waals surface area contributed by atoms with Gasteiger partial charge in [-0.25, -0.2) is 0 Å². The van der Waals surface area contributed by atoms with E-state index in [-0.39, 0.29) is 6.79 Å². The largest absolute Gasteiger partial charge is 0.454 e. The lowest BCUT2D eigenvalue weighted by molar-refractivity contribution is 0.174. The van der Waals surface area contributed by atoms with Gasteiger partial charge in [0.15, 0.2) is 11.5 Å². The summed E-state index contributed by atoms with van der Waals surface area (Å²) in [5.41, 5.74) is 2.61. The molecule has 0 spiro atoms. The maximum atomic E-state index is 8.85. The molecule has 5 heteroatoms. The molecule has 1 aliphatic rings. The molecule has 0 unspecified atom stereocenters. The van der Waals surface area contributed by atoms with Gasteiger partial charge in [-0.05, 0) is 29.3 Å². The number of nitrogens with zero attached hydrogens (tertiary/aromatic N) is 1. The molecule has 0 fully saturated rings. The van der Waals surface area contributed by atoms with Crippen molar-refractivity contribution in [1.82, 2.24) is 0 Å². The number of oxime groups is 1. The standard InChI is InChI=1S/C14H10BrNO3/c15-12-4-2-1-3-10(12)9-5-6-13-14(19-8-18-13)11(9)7-16-17/h1-7,17H,8H2/b16-7+. The van der Waals surface area contributed by atoms with Crippen molar-refractivity contribution in [2.24, 2.45) is 5.16 Å². The lowest BCUT2D eigenvalue weighted by Gasteiger charge is -2.10. The number of ether oxygens (including phenoxy) is 2. The van der Waals surface area contributed by atoms with Crippen LogP contribution in [-0.2, 0) is 0 Å². The van der Waals surface area contributed by atoms with Crippen LogP contribution >= 0.6 is 15.9 Å². The fourth-order valence-electron chi connectivity index (χ4n) is 2.09. The van der Waals surface area contributed by atoms with Crippen LogP contribution in [0.25, 0.3) is 11.1 Å². The van der Waals surface area contributed by atoms with Crippen LogP contribution in [0.4, 0.5) is 0 Å². The Morgan fingerprint density at radius 3 is 2.74 bits per heavy atom. The molecule has 0 aromatic heterocycles. The highest BCUT2D eigenvalue weighted by Gasteiger charge is 2.21. The van der Waals surface area contributed by atoms with Crippen LogP contribution in [0.5, 0.6) is 11.5 Å². The van der Waals surface area contributed by atoms with Crippen molar-refractivity contribution < 1.29 is 14.7 Å². The van der Waals surface area contributed by atoms with E-state index in [1.54, 1.807) is 0 Å². The molecule has 0 bridgehead atoms. The van der Waals surface area contributed by atoms with Crippen molar-refractivity contribution in [2.45, 2.75) is 0 Å². The van der Waals surface area contributed by atoms with E-state index in [4.69, 9.17) is 14.7 Å². The lowest BCUT2D eigenvalue weighted by atomic mass is 9.99. The van der Waals surface area contributed by atoms with Gasteiger partial charge in [-0.3, -0.25) is 0 Å². The van der Waals surface area contributed by atoms with E-state index in [1.807, 2.05) is 36.4 Å². The zero-order valence-electron chi connectivity index (χ0n) is 9.84. The Labute approximate surface area is 118 Å². The highest BCUT2D eigenvalue weighted by Crippen LogP contribution is 2.41. The topological polar surface area (TPSA) is 51.1 Å². The average molecular weight is 320 g/mol. The summed E-state index contributed by atoms with van der Waals surface area (Å²) in [7, 11) is 0. The second kappa shape index (κ2) is 4.93. The monoisotopic (exact) mass is 319 g/mol. The second-order valence-corrected chi connectivity index (χ2v) is 4.84. The summed E-state index contributed by atoms with van der Waals surface area (Å²) < 4.78 is 11.7. The van der Waals surface area contributed by atoms with Crippen LogP contribution in [0, 0.1) is 0 Å². The highest BCUT2D eigenvalue weighted by atomic mass is 79.9. The first-order valence-corrected chi connectivity index (χ1v) is 6.45. The Hall–Kier alpha value is -2.01. The molecule has 0 aliphatic carbocycles. The quantitative estimate of drug-likeness (QED) is 0.522. The van der Waals surface area contributed by atoms with Crippen LogP contribution in [0.2, 0.25) is 0 Å². The minimum atomic E-state index is 0.182. The van der Waals surface area contributed by atoms with Gasteiger partial charge in [0.2, 0.25) is 6.79 Å². The van der Waals surface area contributed by atoms with Crippen molar-refractivity contribution in [3.8, 4) is 22.6 Å². The van der Waals surface area contributed by atoms with Crippen molar-refractivity contribution >= 4 is 22.1 Å². The molecular formula is C14H10BrNO3. The van der Waals surface area contributed by atoms with E-state index in [2.05, 4.69) is 21.1 Å². The van der Waals surface area contributed by atoms with E-state index >= 15 is 0 Å². The average Bonchev–Trinajstić information content (AvgIpc) is 2.89. The molecule has 4 nitrogen and oxygen atoms in total. The van der Waals surface area contributed by atoms with Crippen molar-refractivity contribution in [3.05, 3.63) is 46.4 Å². The fourth-order valence-corrected chi connectivity index (χ4v) is 2.59. The van der Waals surface area contributed by atoms with Gasteiger partial charge in [0.25, 0.3) is 0 Å². The molecule has 1 aliphatic heterocycles. The summed E-state index contributed by atoms with van der Waals surface area (Å²) >= 11 is 3.52. The molecule has 2 aromatic rings. The lowest BCUT2D eigenvalue weighted by Crippen LogP contribution is -1.95. The summed E-state index contributed by atoms with van der Waals surface area (Å²) in [6.45, 7) is 0.182. The number of hydrogen-bond donors (Lipinski definition) is 1. The molecule has 1 N–H and O–H groups in total. The van der Waals surface area contributed by atoms with E-state index in [0.717, 1.165) is 15.6 Å². The molecule has 1 heterocycles. The van der Waals surface area contributed by atoms with Gasteiger partial charge in [-0.1, -0.05) is 39.3 Å². The summed E-state index contributed by atoms with van der Waals surface area (Å²) in [5.74, 6) is 1.26. The Morgan fingerprint density at radius 1 is 1.11 bits per heavy atom. The Balaban J connectivity index is 2.25. The molecule has 96 valence electrons. The molecule has 2 aromatic carbocycles. The first kappa shape index (κ1) is 12.0. The van der Waals surface area contributed by atoms with E-state index in [0.29, 0.717) is 17.1 Å². The van der Waals surface area contributed by atoms with Gasteiger partial charge in [-0.2, -0.15) is 0 Å². The van der Waals surface area contributed by atoms with Gasteiger partial charge in [0.1, 0.15) is 0 Å². The predicted octanol–water partition coefficient (Wildman–Crippen LogP) is 3.65. The molecule has 0 saturated heterocycles. The van der Waals surface area contributed by atoms with Crippen LogP contribution in [0.15, 0.2) is 46.0 Å². The SMILES string of the molecule is O/N=C/c1c(-c2ccccc2Br)ccc2c1OCO2. The third-order valence-electron chi connectivity index (χ3n) is 2.93. The zero-order valence-corrected chi connectivity index (χ0v) is 11.4. The van der Waals surface area contributed by atoms with E-state index < -0.39 is 0 Å². The number of benzene rings is 2.